The Morgan fingerprint density at radius 2 is 2.09 bits per heavy atom. The van der Waals surface area contributed by atoms with Gasteiger partial charge in [0.05, 0.1) is 12.3 Å². The third-order valence-corrected chi connectivity index (χ3v) is 4.71. The van der Waals surface area contributed by atoms with Crippen LogP contribution in [-0.2, 0) is 24.0 Å². The minimum Gasteiger partial charge on any atom is -0.371 e. The summed E-state index contributed by atoms with van der Waals surface area (Å²) in [5.41, 5.74) is 4.40. The van der Waals surface area contributed by atoms with E-state index in [1.54, 1.807) is 0 Å². The molecule has 0 bridgehead atoms. The van der Waals surface area contributed by atoms with E-state index in [0.29, 0.717) is 18.9 Å². The highest BCUT2D eigenvalue weighted by Crippen LogP contribution is 2.27. The summed E-state index contributed by atoms with van der Waals surface area (Å²) in [4.78, 5) is 12.4. The molecule has 5 heteroatoms. The number of amides is 1. The van der Waals surface area contributed by atoms with Crippen LogP contribution in [0.4, 0.5) is 0 Å². The second kappa shape index (κ2) is 6.16. The van der Waals surface area contributed by atoms with Crippen LogP contribution in [0.25, 0.3) is 0 Å². The number of rotatable bonds is 3. The number of fused-ring (bicyclic) bond motifs is 2. The number of nitrogens with one attached hydrogen (secondary N) is 1. The van der Waals surface area contributed by atoms with Crippen molar-refractivity contribution in [2.75, 3.05) is 13.2 Å². The summed E-state index contributed by atoms with van der Waals surface area (Å²) in [5.74, 6) is 0.191. The van der Waals surface area contributed by atoms with Gasteiger partial charge < -0.3 is 14.6 Å². The Balaban J connectivity index is 1.46. The summed E-state index contributed by atoms with van der Waals surface area (Å²) < 4.78 is 11.1. The highest BCUT2D eigenvalue weighted by atomic mass is 16.5. The van der Waals surface area contributed by atoms with Gasteiger partial charge >= 0.3 is 0 Å². The van der Waals surface area contributed by atoms with Gasteiger partial charge in [0.25, 0.3) is 5.91 Å². The Labute approximate surface area is 135 Å². The SMILES string of the molecule is O=C(NCC1OCCc2ccccc21)c1onc2c1CCCC2. The first-order valence-electron chi connectivity index (χ1n) is 8.28. The number of hydrogen-bond donors (Lipinski definition) is 1. The van der Waals surface area contributed by atoms with Crippen LogP contribution in [0.2, 0.25) is 0 Å². The lowest BCUT2D eigenvalue weighted by molar-refractivity contribution is 0.0406. The maximum absolute atomic E-state index is 12.4. The van der Waals surface area contributed by atoms with E-state index in [-0.39, 0.29) is 12.0 Å². The molecule has 4 rings (SSSR count). The minimum atomic E-state index is -0.188. The van der Waals surface area contributed by atoms with Crippen LogP contribution in [0.1, 0.15) is 51.9 Å². The third kappa shape index (κ3) is 2.77. The Morgan fingerprint density at radius 3 is 3.04 bits per heavy atom. The van der Waals surface area contributed by atoms with Gasteiger partial charge in [-0.15, -0.1) is 0 Å². The summed E-state index contributed by atoms with van der Waals surface area (Å²) in [7, 11) is 0. The standard InChI is InChI=1S/C18H20N2O3/c21-18(17-14-7-3-4-8-15(14)20-23-17)19-11-16-13-6-2-1-5-12(13)9-10-22-16/h1-2,5-6,16H,3-4,7-11H2,(H,19,21). The van der Waals surface area contributed by atoms with Crippen molar-refractivity contribution in [1.29, 1.82) is 0 Å². The smallest absolute Gasteiger partial charge is 0.290 e. The van der Waals surface area contributed by atoms with Crippen LogP contribution in [0, 0.1) is 0 Å². The number of benzene rings is 1. The van der Waals surface area contributed by atoms with Gasteiger partial charge in [0.2, 0.25) is 5.76 Å². The fourth-order valence-corrected chi connectivity index (χ4v) is 3.48. The van der Waals surface area contributed by atoms with Gasteiger partial charge in [-0.05, 0) is 43.2 Å². The molecule has 1 N–H and O–H groups in total. The van der Waals surface area contributed by atoms with Crippen LogP contribution in [0.5, 0.6) is 0 Å². The second-order valence-corrected chi connectivity index (χ2v) is 6.16. The molecule has 2 heterocycles. The normalized spacial score (nSPS) is 19.7. The van der Waals surface area contributed by atoms with Crippen LogP contribution < -0.4 is 5.32 Å². The average Bonchev–Trinajstić information content (AvgIpc) is 3.04. The van der Waals surface area contributed by atoms with E-state index in [1.165, 1.54) is 11.1 Å². The summed E-state index contributed by atoms with van der Waals surface area (Å²) in [6.45, 7) is 1.14. The van der Waals surface area contributed by atoms with Crippen molar-refractivity contribution in [3.05, 3.63) is 52.4 Å². The number of hydrogen-bond acceptors (Lipinski definition) is 4. The molecular weight excluding hydrogens is 292 g/mol. The Kier molecular flexibility index (Phi) is 3.87. The highest BCUT2D eigenvalue weighted by Gasteiger charge is 2.26. The maximum Gasteiger partial charge on any atom is 0.290 e. The summed E-state index contributed by atoms with van der Waals surface area (Å²) in [6.07, 6.45) is 4.83. The van der Waals surface area contributed by atoms with Crippen LogP contribution in [0.3, 0.4) is 0 Å². The predicted octanol–water partition coefficient (Wildman–Crippen LogP) is 2.60. The number of ether oxygens (including phenoxy) is 1. The predicted molar refractivity (Wildman–Crippen MR) is 84.3 cm³/mol. The molecule has 0 fully saturated rings. The summed E-state index contributed by atoms with van der Waals surface area (Å²) >= 11 is 0. The molecule has 1 aliphatic carbocycles. The first kappa shape index (κ1) is 14.5. The molecule has 1 aliphatic heterocycles. The van der Waals surface area contributed by atoms with Gasteiger partial charge in [-0.2, -0.15) is 0 Å². The molecule has 23 heavy (non-hydrogen) atoms. The molecule has 0 saturated carbocycles. The Morgan fingerprint density at radius 1 is 1.22 bits per heavy atom. The molecule has 2 aromatic rings. The molecule has 0 radical (unpaired) electrons. The van der Waals surface area contributed by atoms with E-state index in [9.17, 15) is 4.79 Å². The third-order valence-electron chi connectivity index (χ3n) is 4.71. The van der Waals surface area contributed by atoms with Gasteiger partial charge in [0.15, 0.2) is 0 Å². The van der Waals surface area contributed by atoms with Crippen molar-refractivity contribution >= 4 is 5.91 Å². The lowest BCUT2D eigenvalue weighted by atomic mass is 9.95. The Hall–Kier alpha value is -2.14. The number of aryl methyl sites for hydroxylation is 1. The van der Waals surface area contributed by atoms with Crippen molar-refractivity contribution in [3.63, 3.8) is 0 Å². The van der Waals surface area contributed by atoms with E-state index in [1.807, 2.05) is 12.1 Å². The Bertz CT molecular complexity index is 723. The molecule has 1 unspecified atom stereocenters. The summed E-state index contributed by atoms with van der Waals surface area (Å²) in [6, 6.07) is 8.25. The molecular formula is C18H20N2O3. The molecule has 2 aliphatic rings. The van der Waals surface area contributed by atoms with E-state index in [0.717, 1.165) is 43.4 Å². The molecule has 0 saturated heterocycles. The largest absolute Gasteiger partial charge is 0.371 e. The minimum absolute atomic E-state index is 0.0948. The molecule has 1 amide bonds. The zero-order valence-corrected chi connectivity index (χ0v) is 13.0. The molecule has 1 atom stereocenters. The highest BCUT2D eigenvalue weighted by molar-refractivity contribution is 5.93. The van der Waals surface area contributed by atoms with Gasteiger partial charge in [0, 0.05) is 12.1 Å². The first-order valence-corrected chi connectivity index (χ1v) is 8.28. The quantitative estimate of drug-likeness (QED) is 0.946. The first-order chi connectivity index (χ1) is 11.3. The van der Waals surface area contributed by atoms with Crippen LogP contribution in [0.15, 0.2) is 28.8 Å². The van der Waals surface area contributed by atoms with Crippen molar-refractivity contribution in [3.8, 4) is 0 Å². The fourth-order valence-electron chi connectivity index (χ4n) is 3.48. The van der Waals surface area contributed by atoms with Crippen molar-refractivity contribution < 1.29 is 14.1 Å². The number of carbonyl (C=O) groups excluding carboxylic acids is 1. The van der Waals surface area contributed by atoms with Gasteiger partial charge in [-0.3, -0.25) is 4.79 Å². The van der Waals surface area contributed by atoms with E-state index in [4.69, 9.17) is 9.26 Å². The van der Waals surface area contributed by atoms with Gasteiger partial charge in [-0.25, -0.2) is 0 Å². The molecule has 120 valence electrons. The van der Waals surface area contributed by atoms with Crippen LogP contribution >= 0.6 is 0 Å². The second-order valence-electron chi connectivity index (χ2n) is 6.16. The maximum atomic E-state index is 12.4. The number of aromatic nitrogens is 1. The molecule has 0 spiro atoms. The lowest BCUT2D eigenvalue weighted by Crippen LogP contribution is -2.32. The molecule has 1 aromatic carbocycles. The molecule has 5 nitrogen and oxygen atoms in total. The fraction of sp³-hybridized carbons (Fsp3) is 0.444. The van der Waals surface area contributed by atoms with Gasteiger partial charge in [0.1, 0.15) is 6.10 Å². The van der Waals surface area contributed by atoms with Crippen molar-refractivity contribution in [1.82, 2.24) is 10.5 Å². The van der Waals surface area contributed by atoms with E-state index < -0.39 is 0 Å². The zero-order chi connectivity index (χ0) is 15.6. The number of carbonyl (C=O) groups is 1. The van der Waals surface area contributed by atoms with Gasteiger partial charge in [-0.1, -0.05) is 29.4 Å². The lowest BCUT2D eigenvalue weighted by Gasteiger charge is -2.26. The van der Waals surface area contributed by atoms with Crippen molar-refractivity contribution in [2.24, 2.45) is 0 Å². The number of nitrogens with zero attached hydrogens (tertiary/aromatic N) is 1. The monoisotopic (exact) mass is 312 g/mol. The molecule has 1 aromatic heterocycles. The van der Waals surface area contributed by atoms with E-state index in [2.05, 4.69) is 22.6 Å². The van der Waals surface area contributed by atoms with Crippen molar-refractivity contribution in [2.45, 2.75) is 38.2 Å². The average molecular weight is 312 g/mol. The van der Waals surface area contributed by atoms with E-state index >= 15 is 0 Å². The van der Waals surface area contributed by atoms with Crippen LogP contribution in [-0.4, -0.2) is 24.2 Å². The summed E-state index contributed by atoms with van der Waals surface area (Å²) in [5, 5.41) is 6.99. The topological polar surface area (TPSA) is 64.4 Å². The zero-order valence-electron chi connectivity index (χ0n) is 13.0.